The number of nitrogens with zero attached hydrogens (tertiary/aromatic N) is 1. The van der Waals surface area contributed by atoms with Crippen molar-refractivity contribution in [2.75, 3.05) is 5.32 Å². The maximum Gasteiger partial charge on any atom is 0.266 e. The average Bonchev–Trinajstić information content (AvgIpc) is 2.74. The fraction of sp³-hybridized carbons (Fsp3) is 0.0833. The first-order chi connectivity index (χ1) is 14.5. The fourth-order valence-electron chi connectivity index (χ4n) is 2.68. The molecule has 0 bridgehead atoms. The Morgan fingerprint density at radius 3 is 2.57 bits per heavy atom. The summed E-state index contributed by atoms with van der Waals surface area (Å²) in [7, 11) is 0. The van der Waals surface area contributed by atoms with Crippen molar-refractivity contribution in [3.8, 4) is 11.8 Å². The van der Waals surface area contributed by atoms with Gasteiger partial charge in [0.1, 0.15) is 29.8 Å². The van der Waals surface area contributed by atoms with Crippen molar-refractivity contribution in [3.05, 3.63) is 99.3 Å². The van der Waals surface area contributed by atoms with Crippen LogP contribution in [-0.2, 0) is 11.4 Å². The third-order valence-electron chi connectivity index (χ3n) is 4.33. The van der Waals surface area contributed by atoms with E-state index in [1.54, 1.807) is 36.4 Å². The number of aryl methyl sites for hydroxylation is 1. The molecule has 0 spiro atoms. The van der Waals surface area contributed by atoms with Gasteiger partial charge in [0.25, 0.3) is 5.91 Å². The molecular weight excluding hydrogens is 447 g/mol. The van der Waals surface area contributed by atoms with Gasteiger partial charge in [-0.15, -0.1) is 0 Å². The van der Waals surface area contributed by atoms with Crippen LogP contribution in [0, 0.1) is 24.1 Å². The second-order valence-electron chi connectivity index (χ2n) is 6.54. The summed E-state index contributed by atoms with van der Waals surface area (Å²) in [6.07, 6.45) is 1.52. The van der Waals surface area contributed by atoms with E-state index in [2.05, 4.69) is 21.2 Å². The molecule has 3 aromatic rings. The van der Waals surface area contributed by atoms with Gasteiger partial charge in [0.2, 0.25) is 0 Å². The Morgan fingerprint density at radius 2 is 1.90 bits per heavy atom. The van der Waals surface area contributed by atoms with E-state index in [9.17, 15) is 14.4 Å². The van der Waals surface area contributed by atoms with Crippen LogP contribution in [0.2, 0.25) is 0 Å². The number of hydrogen-bond donors (Lipinski definition) is 1. The summed E-state index contributed by atoms with van der Waals surface area (Å²) < 4.78 is 19.4. The lowest BCUT2D eigenvalue weighted by molar-refractivity contribution is -0.112. The number of ether oxygens (including phenoxy) is 1. The van der Waals surface area contributed by atoms with Crippen LogP contribution in [0.4, 0.5) is 10.1 Å². The molecule has 6 heteroatoms. The van der Waals surface area contributed by atoms with Gasteiger partial charge in [0.05, 0.1) is 4.47 Å². The van der Waals surface area contributed by atoms with Gasteiger partial charge in [-0.1, -0.05) is 36.4 Å². The van der Waals surface area contributed by atoms with E-state index in [1.807, 2.05) is 31.2 Å². The number of nitrogens with one attached hydrogen (secondary N) is 1. The zero-order chi connectivity index (χ0) is 21.5. The number of amides is 1. The SMILES string of the molecule is Cc1ccccc1NC(=O)/C(C#N)=C\c1ccc(OCc2ccc(F)cc2)c(Br)c1. The number of carbonyl (C=O) groups excluding carboxylic acids is 1. The first-order valence-corrected chi connectivity index (χ1v) is 9.91. The first-order valence-electron chi connectivity index (χ1n) is 9.12. The van der Waals surface area contributed by atoms with Crippen LogP contribution in [0.3, 0.4) is 0 Å². The lowest BCUT2D eigenvalue weighted by atomic mass is 10.1. The van der Waals surface area contributed by atoms with Gasteiger partial charge in [0.15, 0.2) is 0 Å². The predicted molar refractivity (Wildman–Crippen MR) is 118 cm³/mol. The topological polar surface area (TPSA) is 62.1 Å². The Kier molecular flexibility index (Phi) is 6.99. The number of halogens is 2. The number of carbonyl (C=O) groups is 1. The van der Waals surface area contributed by atoms with Gasteiger partial charge < -0.3 is 10.1 Å². The predicted octanol–water partition coefficient (Wildman–Crippen LogP) is 6.02. The molecule has 3 rings (SSSR count). The lowest BCUT2D eigenvalue weighted by Crippen LogP contribution is -2.14. The summed E-state index contributed by atoms with van der Waals surface area (Å²) in [5.41, 5.74) is 3.08. The highest BCUT2D eigenvalue weighted by molar-refractivity contribution is 9.10. The largest absolute Gasteiger partial charge is 0.488 e. The maximum atomic E-state index is 13.0. The number of hydrogen-bond acceptors (Lipinski definition) is 3. The minimum Gasteiger partial charge on any atom is -0.488 e. The normalized spacial score (nSPS) is 10.9. The van der Waals surface area contributed by atoms with E-state index in [1.165, 1.54) is 18.2 Å². The van der Waals surface area contributed by atoms with Gasteiger partial charge in [-0.05, 0) is 76.0 Å². The van der Waals surface area contributed by atoms with Gasteiger partial charge in [0, 0.05) is 5.69 Å². The van der Waals surface area contributed by atoms with E-state index < -0.39 is 5.91 Å². The molecule has 0 saturated heterocycles. The second kappa shape index (κ2) is 9.86. The van der Waals surface area contributed by atoms with Gasteiger partial charge in [-0.25, -0.2) is 4.39 Å². The van der Waals surface area contributed by atoms with Crippen molar-refractivity contribution in [1.29, 1.82) is 5.26 Å². The Labute approximate surface area is 182 Å². The molecule has 0 saturated carbocycles. The molecule has 4 nitrogen and oxygen atoms in total. The third kappa shape index (κ3) is 5.56. The standard InChI is InChI=1S/C24H18BrFN2O2/c1-16-4-2-3-5-22(16)28-24(29)19(14-27)12-18-8-11-23(21(25)13-18)30-15-17-6-9-20(26)10-7-17/h2-13H,15H2,1H3,(H,28,29)/b19-12-. The van der Waals surface area contributed by atoms with Gasteiger partial charge in [-0.2, -0.15) is 5.26 Å². The van der Waals surface area contributed by atoms with Gasteiger partial charge in [-0.3, -0.25) is 4.79 Å². The average molecular weight is 465 g/mol. The van der Waals surface area contributed by atoms with Crippen LogP contribution in [0.25, 0.3) is 6.08 Å². The van der Waals surface area contributed by atoms with Crippen LogP contribution in [0.1, 0.15) is 16.7 Å². The quantitative estimate of drug-likeness (QED) is 0.358. The Hall–Kier alpha value is -3.43. The van der Waals surface area contributed by atoms with Crippen molar-refractivity contribution in [2.45, 2.75) is 13.5 Å². The van der Waals surface area contributed by atoms with Crippen LogP contribution in [0.5, 0.6) is 5.75 Å². The molecule has 0 aliphatic rings. The molecule has 0 atom stereocenters. The van der Waals surface area contributed by atoms with Crippen molar-refractivity contribution in [1.82, 2.24) is 0 Å². The molecule has 30 heavy (non-hydrogen) atoms. The fourth-order valence-corrected chi connectivity index (χ4v) is 3.19. The molecule has 0 radical (unpaired) electrons. The Balaban J connectivity index is 1.71. The molecule has 1 N–H and O–H groups in total. The minimum atomic E-state index is -0.473. The van der Waals surface area contributed by atoms with Crippen molar-refractivity contribution in [3.63, 3.8) is 0 Å². The molecular formula is C24H18BrFN2O2. The summed E-state index contributed by atoms with van der Waals surface area (Å²) in [6.45, 7) is 2.17. The minimum absolute atomic E-state index is 0.00914. The molecule has 0 aliphatic heterocycles. The van der Waals surface area contributed by atoms with Crippen molar-refractivity contribution >= 4 is 33.6 Å². The molecule has 0 aliphatic carbocycles. The highest BCUT2D eigenvalue weighted by Gasteiger charge is 2.11. The molecule has 0 aromatic heterocycles. The molecule has 0 heterocycles. The smallest absolute Gasteiger partial charge is 0.266 e. The number of rotatable bonds is 6. The zero-order valence-corrected chi connectivity index (χ0v) is 17.7. The summed E-state index contributed by atoms with van der Waals surface area (Å²) >= 11 is 3.45. The molecule has 1 amide bonds. The number of para-hydroxylation sites is 1. The highest BCUT2D eigenvalue weighted by atomic mass is 79.9. The number of nitriles is 1. The Bertz CT molecular complexity index is 1130. The zero-order valence-electron chi connectivity index (χ0n) is 16.2. The third-order valence-corrected chi connectivity index (χ3v) is 4.95. The van der Waals surface area contributed by atoms with Crippen LogP contribution in [0.15, 0.2) is 76.8 Å². The lowest BCUT2D eigenvalue weighted by Gasteiger charge is -2.10. The van der Waals surface area contributed by atoms with E-state index in [4.69, 9.17) is 4.74 Å². The summed E-state index contributed by atoms with van der Waals surface area (Å²) in [5.74, 6) is -0.172. The Morgan fingerprint density at radius 1 is 1.17 bits per heavy atom. The highest BCUT2D eigenvalue weighted by Crippen LogP contribution is 2.28. The van der Waals surface area contributed by atoms with Crippen LogP contribution < -0.4 is 10.1 Å². The van der Waals surface area contributed by atoms with E-state index in [0.29, 0.717) is 21.5 Å². The molecule has 3 aromatic carbocycles. The first kappa shape index (κ1) is 21.3. The maximum absolute atomic E-state index is 13.0. The number of anilines is 1. The van der Waals surface area contributed by atoms with E-state index in [-0.39, 0.29) is 18.0 Å². The molecule has 0 unspecified atom stereocenters. The number of benzene rings is 3. The molecule has 0 fully saturated rings. The summed E-state index contributed by atoms with van der Waals surface area (Å²) in [6, 6.07) is 20.7. The summed E-state index contributed by atoms with van der Waals surface area (Å²) in [4.78, 5) is 12.5. The monoisotopic (exact) mass is 464 g/mol. The summed E-state index contributed by atoms with van der Waals surface area (Å²) in [5, 5.41) is 12.2. The van der Waals surface area contributed by atoms with Gasteiger partial charge >= 0.3 is 0 Å². The van der Waals surface area contributed by atoms with Crippen molar-refractivity contribution in [2.24, 2.45) is 0 Å². The van der Waals surface area contributed by atoms with Crippen LogP contribution >= 0.6 is 15.9 Å². The van der Waals surface area contributed by atoms with E-state index in [0.717, 1.165) is 11.1 Å². The second-order valence-corrected chi connectivity index (χ2v) is 7.40. The molecule has 150 valence electrons. The van der Waals surface area contributed by atoms with Crippen molar-refractivity contribution < 1.29 is 13.9 Å². The van der Waals surface area contributed by atoms with Crippen LogP contribution in [-0.4, -0.2) is 5.91 Å². The van der Waals surface area contributed by atoms with E-state index >= 15 is 0 Å².